The fourth-order valence-corrected chi connectivity index (χ4v) is 2.17. The molecule has 5 nitrogen and oxygen atoms in total. The minimum absolute atomic E-state index is 0.395. The number of nitrogens with one attached hydrogen (secondary N) is 1. The van der Waals surface area contributed by atoms with Gasteiger partial charge in [-0.3, -0.25) is 4.40 Å². The highest BCUT2D eigenvalue weighted by Crippen LogP contribution is 2.26. The maximum absolute atomic E-state index is 11.7. The van der Waals surface area contributed by atoms with Crippen LogP contribution in [0.25, 0.3) is 16.9 Å². The van der Waals surface area contributed by atoms with Gasteiger partial charge in [0, 0.05) is 24.2 Å². The Balaban J connectivity index is 2.22. The molecule has 0 aromatic carbocycles. The second-order valence-electron chi connectivity index (χ2n) is 3.99. The van der Waals surface area contributed by atoms with E-state index < -0.39 is 5.97 Å². The number of fused-ring (bicyclic) bond motifs is 1. The maximum atomic E-state index is 11.7. The molecule has 0 spiro atoms. The lowest BCUT2D eigenvalue weighted by Gasteiger charge is -2.03. The van der Waals surface area contributed by atoms with Gasteiger partial charge < -0.3 is 9.72 Å². The van der Waals surface area contributed by atoms with Gasteiger partial charge in [-0.25, -0.2) is 9.78 Å². The lowest BCUT2D eigenvalue weighted by molar-refractivity contribution is 0.0602. The van der Waals surface area contributed by atoms with Crippen molar-refractivity contribution in [2.45, 2.75) is 0 Å². The van der Waals surface area contributed by atoms with E-state index in [1.807, 2.05) is 10.5 Å². The number of aromatic nitrogens is 3. The van der Waals surface area contributed by atoms with Crippen LogP contribution in [0, 0.1) is 0 Å². The summed E-state index contributed by atoms with van der Waals surface area (Å²) in [5.41, 5.74) is 2.72. The molecule has 0 saturated heterocycles. The predicted octanol–water partition coefficient (Wildman–Crippen LogP) is 2.77. The number of hydrogen-bond acceptors (Lipinski definition) is 3. The molecule has 1 N–H and O–H groups in total. The van der Waals surface area contributed by atoms with Gasteiger partial charge in [0.05, 0.1) is 29.6 Å². The molecule has 0 amide bonds. The number of pyridine rings is 1. The summed E-state index contributed by atoms with van der Waals surface area (Å²) in [5, 5.41) is 0.599. The van der Waals surface area contributed by atoms with E-state index >= 15 is 0 Å². The Morgan fingerprint density at radius 1 is 1.42 bits per heavy atom. The molecule has 0 unspecified atom stereocenters. The summed E-state index contributed by atoms with van der Waals surface area (Å²) < 4.78 is 6.59. The standard InChI is InChI=1S/C13H10ClN3O2/c1-19-13(18)10-5-15-4-9(10)11-6-16-12-3-2-8(14)7-17(11)12/h2-7,15H,1H3. The molecule has 96 valence electrons. The summed E-state index contributed by atoms with van der Waals surface area (Å²) in [6.45, 7) is 0. The monoisotopic (exact) mass is 275 g/mol. The fourth-order valence-electron chi connectivity index (χ4n) is 2.01. The van der Waals surface area contributed by atoms with E-state index in [4.69, 9.17) is 16.3 Å². The molecule has 0 aliphatic carbocycles. The molecule has 3 aromatic heterocycles. The summed E-state index contributed by atoms with van der Waals surface area (Å²) in [4.78, 5) is 18.9. The first kappa shape index (κ1) is 11.8. The van der Waals surface area contributed by atoms with Crippen LogP contribution in [0.15, 0.2) is 36.9 Å². The molecule has 6 heteroatoms. The largest absolute Gasteiger partial charge is 0.465 e. The molecule has 0 radical (unpaired) electrons. The number of carbonyl (C=O) groups is 1. The van der Waals surface area contributed by atoms with Gasteiger partial charge in [0.2, 0.25) is 0 Å². The molecule has 0 aliphatic heterocycles. The van der Waals surface area contributed by atoms with Gasteiger partial charge in [0.15, 0.2) is 0 Å². The number of carbonyl (C=O) groups excluding carboxylic acids is 1. The number of imidazole rings is 1. The Hall–Kier alpha value is -2.27. The van der Waals surface area contributed by atoms with Crippen LogP contribution >= 0.6 is 11.6 Å². The maximum Gasteiger partial charge on any atom is 0.340 e. The Morgan fingerprint density at radius 3 is 3.05 bits per heavy atom. The van der Waals surface area contributed by atoms with Gasteiger partial charge in [-0.2, -0.15) is 0 Å². The van der Waals surface area contributed by atoms with Crippen LogP contribution in [0.3, 0.4) is 0 Å². The van der Waals surface area contributed by atoms with E-state index in [1.165, 1.54) is 7.11 Å². The van der Waals surface area contributed by atoms with Gasteiger partial charge in [0.1, 0.15) is 5.65 Å². The van der Waals surface area contributed by atoms with E-state index in [9.17, 15) is 4.79 Å². The second-order valence-corrected chi connectivity index (χ2v) is 4.43. The SMILES string of the molecule is COC(=O)c1c[nH]cc1-c1cnc2ccc(Cl)cn12. The molecule has 0 bridgehead atoms. The molecular weight excluding hydrogens is 266 g/mol. The Kier molecular flexibility index (Phi) is 2.76. The van der Waals surface area contributed by atoms with Crippen molar-refractivity contribution in [1.82, 2.24) is 14.4 Å². The smallest absolute Gasteiger partial charge is 0.340 e. The first-order chi connectivity index (χ1) is 9.20. The van der Waals surface area contributed by atoms with Crippen LogP contribution in [0.4, 0.5) is 0 Å². The molecule has 3 rings (SSSR count). The van der Waals surface area contributed by atoms with Crippen molar-refractivity contribution >= 4 is 23.2 Å². The average Bonchev–Trinajstić information content (AvgIpc) is 3.02. The Morgan fingerprint density at radius 2 is 2.26 bits per heavy atom. The van der Waals surface area contributed by atoms with Crippen LogP contribution in [0.1, 0.15) is 10.4 Å². The summed E-state index contributed by atoms with van der Waals surface area (Å²) in [5.74, 6) is -0.395. The van der Waals surface area contributed by atoms with Gasteiger partial charge in [0.25, 0.3) is 0 Å². The number of H-pyrrole nitrogens is 1. The van der Waals surface area contributed by atoms with E-state index in [0.29, 0.717) is 10.6 Å². The quantitative estimate of drug-likeness (QED) is 0.732. The van der Waals surface area contributed by atoms with Crippen molar-refractivity contribution in [3.05, 3.63) is 47.5 Å². The molecule has 0 saturated carbocycles. The minimum Gasteiger partial charge on any atom is -0.465 e. The number of esters is 1. The zero-order valence-electron chi connectivity index (χ0n) is 10.1. The second kappa shape index (κ2) is 4.44. The van der Waals surface area contributed by atoms with Crippen molar-refractivity contribution in [3.63, 3.8) is 0 Å². The number of halogens is 1. The molecule has 0 atom stereocenters. The third kappa shape index (κ3) is 1.88. The zero-order chi connectivity index (χ0) is 13.4. The van der Waals surface area contributed by atoms with E-state index in [2.05, 4.69) is 9.97 Å². The topological polar surface area (TPSA) is 59.4 Å². The van der Waals surface area contributed by atoms with Gasteiger partial charge >= 0.3 is 5.97 Å². The van der Waals surface area contributed by atoms with Crippen molar-refractivity contribution in [2.24, 2.45) is 0 Å². The minimum atomic E-state index is -0.395. The molecule has 3 aromatic rings. The van der Waals surface area contributed by atoms with Crippen LogP contribution in [0.5, 0.6) is 0 Å². The summed E-state index contributed by atoms with van der Waals surface area (Å²) >= 11 is 5.99. The summed E-state index contributed by atoms with van der Waals surface area (Å²) in [7, 11) is 1.35. The highest BCUT2D eigenvalue weighted by molar-refractivity contribution is 6.30. The van der Waals surface area contributed by atoms with Gasteiger partial charge in [-0.1, -0.05) is 11.6 Å². The molecule has 0 fully saturated rings. The lowest BCUT2D eigenvalue weighted by atomic mass is 10.1. The predicted molar refractivity (Wildman–Crippen MR) is 71.3 cm³/mol. The number of aromatic amines is 1. The van der Waals surface area contributed by atoms with E-state index in [0.717, 1.165) is 16.9 Å². The summed E-state index contributed by atoms with van der Waals surface area (Å²) in [6.07, 6.45) is 6.79. The van der Waals surface area contributed by atoms with Crippen molar-refractivity contribution in [2.75, 3.05) is 7.11 Å². The normalized spacial score (nSPS) is 10.8. The number of rotatable bonds is 2. The van der Waals surface area contributed by atoms with E-state index in [-0.39, 0.29) is 0 Å². The summed E-state index contributed by atoms with van der Waals surface area (Å²) in [6, 6.07) is 3.59. The van der Waals surface area contributed by atoms with Crippen LogP contribution < -0.4 is 0 Å². The third-order valence-electron chi connectivity index (χ3n) is 2.90. The van der Waals surface area contributed by atoms with Crippen LogP contribution in [-0.2, 0) is 4.74 Å². The number of methoxy groups -OCH3 is 1. The van der Waals surface area contributed by atoms with Crippen molar-refractivity contribution < 1.29 is 9.53 Å². The first-order valence-electron chi connectivity index (χ1n) is 5.59. The highest BCUT2D eigenvalue weighted by atomic mass is 35.5. The molecular formula is C13H10ClN3O2. The van der Waals surface area contributed by atoms with Gasteiger partial charge in [-0.15, -0.1) is 0 Å². The molecule has 0 aliphatic rings. The first-order valence-corrected chi connectivity index (χ1v) is 5.96. The van der Waals surface area contributed by atoms with Crippen LogP contribution in [0.2, 0.25) is 5.02 Å². The molecule has 3 heterocycles. The average molecular weight is 276 g/mol. The third-order valence-corrected chi connectivity index (χ3v) is 3.12. The zero-order valence-corrected chi connectivity index (χ0v) is 10.8. The van der Waals surface area contributed by atoms with Gasteiger partial charge in [-0.05, 0) is 12.1 Å². The Bertz CT molecular complexity index is 760. The Labute approximate surface area is 113 Å². The molecule has 19 heavy (non-hydrogen) atoms. The fraction of sp³-hybridized carbons (Fsp3) is 0.0769. The van der Waals surface area contributed by atoms with Crippen LogP contribution in [-0.4, -0.2) is 27.4 Å². The number of ether oxygens (including phenoxy) is 1. The number of nitrogens with zero attached hydrogens (tertiary/aromatic N) is 2. The lowest BCUT2D eigenvalue weighted by Crippen LogP contribution is -2.01. The highest BCUT2D eigenvalue weighted by Gasteiger charge is 2.17. The number of hydrogen-bond donors (Lipinski definition) is 1. The van der Waals surface area contributed by atoms with Crippen molar-refractivity contribution in [1.29, 1.82) is 0 Å². The van der Waals surface area contributed by atoms with Crippen molar-refractivity contribution in [3.8, 4) is 11.3 Å². The van der Waals surface area contributed by atoms with E-state index in [1.54, 1.807) is 30.9 Å².